The average Bonchev–Trinajstić information content (AvgIpc) is 2.59. The van der Waals surface area contributed by atoms with E-state index in [0.29, 0.717) is 0 Å². The Hall–Kier alpha value is -0.870. The summed E-state index contributed by atoms with van der Waals surface area (Å²) in [5, 5.41) is 3.24. The van der Waals surface area contributed by atoms with E-state index in [9.17, 15) is 0 Å². The van der Waals surface area contributed by atoms with E-state index in [1.807, 2.05) is 12.4 Å². The number of ether oxygens (including phenoxy) is 1. The molecule has 1 aromatic heterocycles. The molecule has 1 heterocycles. The lowest BCUT2D eigenvalue weighted by atomic mass is 10.5. The first-order valence-electron chi connectivity index (χ1n) is 4.58. The lowest BCUT2D eigenvalue weighted by Gasteiger charge is -2.06. The molecule has 0 amide bonds. The van der Waals surface area contributed by atoms with E-state index >= 15 is 0 Å². The zero-order valence-electron chi connectivity index (χ0n) is 8.29. The standard InChI is InChI=1S/C9H17N3O/c1-3-10-8-9-11-4-5-12(9)6-7-13-2/h4-5,10H,3,6-8H2,1-2H3. The first kappa shape index (κ1) is 10.2. The van der Waals surface area contributed by atoms with Gasteiger partial charge < -0.3 is 14.6 Å². The molecule has 0 aliphatic carbocycles. The van der Waals surface area contributed by atoms with E-state index in [0.717, 1.165) is 32.1 Å². The van der Waals surface area contributed by atoms with Crippen LogP contribution in [0.1, 0.15) is 12.7 Å². The van der Waals surface area contributed by atoms with Crippen molar-refractivity contribution >= 4 is 0 Å². The van der Waals surface area contributed by atoms with Crippen molar-refractivity contribution in [2.24, 2.45) is 0 Å². The number of rotatable bonds is 6. The summed E-state index contributed by atoms with van der Waals surface area (Å²) in [4.78, 5) is 4.25. The first-order chi connectivity index (χ1) is 6.38. The largest absolute Gasteiger partial charge is 0.383 e. The molecule has 0 fully saturated rings. The minimum Gasteiger partial charge on any atom is -0.383 e. The van der Waals surface area contributed by atoms with Crippen LogP contribution >= 0.6 is 0 Å². The molecule has 0 unspecified atom stereocenters. The van der Waals surface area contributed by atoms with Crippen LogP contribution in [0.4, 0.5) is 0 Å². The maximum atomic E-state index is 5.01. The number of methoxy groups -OCH3 is 1. The summed E-state index contributed by atoms with van der Waals surface area (Å²) < 4.78 is 7.11. The Kier molecular flexibility index (Phi) is 4.49. The van der Waals surface area contributed by atoms with Crippen LogP contribution < -0.4 is 5.32 Å². The van der Waals surface area contributed by atoms with Crippen molar-refractivity contribution in [3.63, 3.8) is 0 Å². The van der Waals surface area contributed by atoms with Crippen molar-refractivity contribution in [2.75, 3.05) is 20.3 Å². The Morgan fingerprint density at radius 2 is 2.46 bits per heavy atom. The summed E-state index contributed by atoms with van der Waals surface area (Å²) >= 11 is 0. The molecule has 0 aliphatic rings. The molecule has 4 heteroatoms. The SMILES string of the molecule is CCNCc1nccn1CCOC. The molecule has 1 aromatic rings. The Morgan fingerprint density at radius 3 is 3.15 bits per heavy atom. The van der Waals surface area contributed by atoms with E-state index in [-0.39, 0.29) is 0 Å². The van der Waals surface area contributed by atoms with Crippen LogP contribution in [0.5, 0.6) is 0 Å². The van der Waals surface area contributed by atoms with Gasteiger partial charge >= 0.3 is 0 Å². The van der Waals surface area contributed by atoms with Crippen molar-refractivity contribution in [1.82, 2.24) is 14.9 Å². The van der Waals surface area contributed by atoms with Gasteiger partial charge in [-0.15, -0.1) is 0 Å². The van der Waals surface area contributed by atoms with Crippen LogP contribution in [-0.4, -0.2) is 29.8 Å². The van der Waals surface area contributed by atoms with Gasteiger partial charge in [-0.05, 0) is 6.54 Å². The minimum absolute atomic E-state index is 0.732. The maximum Gasteiger partial charge on any atom is 0.122 e. The van der Waals surface area contributed by atoms with Gasteiger partial charge in [-0.2, -0.15) is 0 Å². The quantitative estimate of drug-likeness (QED) is 0.703. The van der Waals surface area contributed by atoms with E-state index < -0.39 is 0 Å². The van der Waals surface area contributed by atoms with E-state index in [1.165, 1.54) is 0 Å². The van der Waals surface area contributed by atoms with Gasteiger partial charge in [-0.3, -0.25) is 0 Å². The summed E-state index contributed by atoms with van der Waals surface area (Å²) in [6.07, 6.45) is 3.80. The van der Waals surface area contributed by atoms with Crippen LogP contribution in [0.3, 0.4) is 0 Å². The first-order valence-corrected chi connectivity index (χ1v) is 4.58. The molecular weight excluding hydrogens is 166 g/mol. The summed E-state index contributed by atoms with van der Waals surface area (Å²) in [6.45, 7) is 5.49. The lowest BCUT2D eigenvalue weighted by Crippen LogP contribution is -2.17. The Labute approximate surface area is 78.9 Å². The predicted octanol–water partition coefficient (Wildman–Crippen LogP) is 0.639. The molecule has 1 N–H and O–H groups in total. The van der Waals surface area contributed by atoms with Gasteiger partial charge in [0.2, 0.25) is 0 Å². The fourth-order valence-electron chi connectivity index (χ4n) is 1.14. The van der Waals surface area contributed by atoms with E-state index in [4.69, 9.17) is 4.74 Å². The third kappa shape index (κ3) is 3.16. The summed E-state index contributed by atoms with van der Waals surface area (Å²) in [7, 11) is 1.71. The van der Waals surface area contributed by atoms with Gasteiger partial charge in [0, 0.05) is 26.0 Å². The fourth-order valence-corrected chi connectivity index (χ4v) is 1.14. The fraction of sp³-hybridized carbons (Fsp3) is 0.667. The minimum atomic E-state index is 0.732. The number of nitrogens with one attached hydrogen (secondary N) is 1. The Morgan fingerprint density at radius 1 is 1.62 bits per heavy atom. The molecule has 0 bridgehead atoms. The molecule has 0 spiro atoms. The van der Waals surface area contributed by atoms with Crippen molar-refractivity contribution in [1.29, 1.82) is 0 Å². The van der Waals surface area contributed by atoms with Crippen LogP contribution in [0.2, 0.25) is 0 Å². The van der Waals surface area contributed by atoms with Crippen LogP contribution in [0.25, 0.3) is 0 Å². The summed E-state index contributed by atoms with van der Waals surface area (Å²) in [6, 6.07) is 0. The van der Waals surface area contributed by atoms with Crippen LogP contribution in [0.15, 0.2) is 12.4 Å². The third-order valence-electron chi connectivity index (χ3n) is 1.87. The number of nitrogens with zero attached hydrogens (tertiary/aromatic N) is 2. The van der Waals surface area contributed by atoms with Gasteiger partial charge in [0.05, 0.1) is 13.2 Å². The van der Waals surface area contributed by atoms with Gasteiger partial charge in [-0.1, -0.05) is 6.92 Å². The number of hydrogen-bond donors (Lipinski definition) is 1. The van der Waals surface area contributed by atoms with Crippen molar-refractivity contribution in [3.8, 4) is 0 Å². The predicted molar refractivity (Wildman–Crippen MR) is 51.5 cm³/mol. The number of imidazole rings is 1. The van der Waals surface area contributed by atoms with E-state index in [1.54, 1.807) is 7.11 Å². The molecule has 4 nitrogen and oxygen atoms in total. The molecule has 0 aliphatic heterocycles. The number of aromatic nitrogens is 2. The topological polar surface area (TPSA) is 39.1 Å². The Balaban J connectivity index is 2.45. The van der Waals surface area contributed by atoms with Gasteiger partial charge in [0.15, 0.2) is 0 Å². The highest BCUT2D eigenvalue weighted by molar-refractivity contribution is 4.91. The second-order valence-corrected chi connectivity index (χ2v) is 2.81. The van der Waals surface area contributed by atoms with E-state index in [2.05, 4.69) is 21.8 Å². The summed E-state index contributed by atoms with van der Waals surface area (Å²) in [5.41, 5.74) is 0. The highest BCUT2D eigenvalue weighted by Gasteiger charge is 2.00. The zero-order chi connectivity index (χ0) is 9.52. The van der Waals surface area contributed by atoms with Gasteiger partial charge in [-0.25, -0.2) is 4.98 Å². The highest BCUT2D eigenvalue weighted by atomic mass is 16.5. The molecule has 74 valence electrons. The second kappa shape index (κ2) is 5.72. The van der Waals surface area contributed by atoms with Crippen molar-refractivity contribution in [3.05, 3.63) is 18.2 Å². The van der Waals surface area contributed by atoms with Crippen molar-refractivity contribution < 1.29 is 4.74 Å². The third-order valence-corrected chi connectivity index (χ3v) is 1.87. The van der Waals surface area contributed by atoms with Gasteiger partial charge in [0.25, 0.3) is 0 Å². The molecular formula is C9H17N3O. The smallest absolute Gasteiger partial charge is 0.122 e. The number of hydrogen-bond acceptors (Lipinski definition) is 3. The van der Waals surface area contributed by atoms with Gasteiger partial charge in [0.1, 0.15) is 5.82 Å². The molecule has 13 heavy (non-hydrogen) atoms. The maximum absolute atomic E-state index is 5.01. The van der Waals surface area contributed by atoms with Crippen LogP contribution in [-0.2, 0) is 17.8 Å². The highest BCUT2D eigenvalue weighted by Crippen LogP contribution is 1.96. The average molecular weight is 183 g/mol. The lowest BCUT2D eigenvalue weighted by molar-refractivity contribution is 0.186. The Bertz CT molecular complexity index is 212. The van der Waals surface area contributed by atoms with Crippen molar-refractivity contribution in [2.45, 2.75) is 20.0 Å². The van der Waals surface area contributed by atoms with Crippen LogP contribution in [0, 0.1) is 0 Å². The second-order valence-electron chi connectivity index (χ2n) is 2.81. The molecule has 1 rings (SSSR count). The molecule has 0 aromatic carbocycles. The molecule has 0 saturated heterocycles. The molecule has 0 saturated carbocycles. The normalized spacial score (nSPS) is 10.6. The summed E-state index contributed by atoms with van der Waals surface area (Å²) in [5.74, 6) is 1.07. The zero-order valence-corrected chi connectivity index (χ0v) is 8.29. The molecule has 0 radical (unpaired) electrons. The monoisotopic (exact) mass is 183 g/mol. The molecule has 0 atom stereocenters.